The molecule has 1 aliphatic rings. The topological polar surface area (TPSA) is 82.7 Å². The van der Waals surface area contributed by atoms with Crippen molar-refractivity contribution in [2.75, 3.05) is 48.4 Å². The number of ether oxygens (including phenoxy) is 1. The Labute approximate surface area is 203 Å². The van der Waals surface area contributed by atoms with E-state index < -0.39 is 0 Å². The second kappa shape index (κ2) is 12.4. The third kappa shape index (κ3) is 6.97. The molecule has 7 nitrogen and oxygen atoms in total. The third-order valence-corrected chi connectivity index (χ3v) is 6.30. The zero-order chi connectivity index (χ0) is 24.5. The third-order valence-electron chi connectivity index (χ3n) is 6.30. The minimum atomic E-state index is -0.333. The van der Waals surface area contributed by atoms with Gasteiger partial charge in [0.05, 0.1) is 5.56 Å². The number of carbonyl (C=O) groups excluding carboxylic acids is 2. The first-order valence-electron chi connectivity index (χ1n) is 12.3. The highest BCUT2D eigenvalue weighted by Gasteiger charge is 2.22. The summed E-state index contributed by atoms with van der Waals surface area (Å²) in [5, 5.41) is 8.84. The van der Waals surface area contributed by atoms with Crippen molar-refractivity contribution in [1.82, 2.24) is 5.32 Å². The minimum Gasteiger partial charge on any atom is -0.382 e. The van der Waals surface area contributed by atoms with Gasteiger partial charge in [0.1, 0.15) is 0 Å². The zero-order valence-corrected chi connectivity index (χ0v) is 20.9. The predicted octanol–water partition coefficient (Wildman–Crippen LogP) is 5.34. The number of urea groups is 1. The van der Waals surface area contributed by atoms with Crippen molar-refractivity contribution < 1.29 is 14.3 Å². The van der Waals surface area contributed by atoms with Crippen LogP contribution in [0, 0.1) is 19.8 Å². The second-order valence-corrected chi connectivity index (χ2v) is 9.05. The molecule has 0 radical (unpaired) electrons. The lowest BCUT2D eigenvalue weighted by Gasteiger charge is -2.33. The predicted molar refractivity (Wildman–Crippen MR) is 139 cm³/mol. The van der Waals surface area contributed by atoms with Crippen LogP contribution in [0.1, 0.15) is 54.6 Å². The molecular formula is C27H38N4O3. The van der Waals surface area contributed by atoms with E-state index in [1.54, 1.807) is 6.07 Å². The normalized spacial score (nSPS) is 14.1. The van der Waals surface area contributed by atoms with E-state index in [-0.39, 0.29) is 11.9 Å². The van der Waals surface area contributed by atoms with E-state index in [2.05, 4.69) is 27.8 Å². The van der Waals surface area contributed by atoms with Crippen molar-refractivity contribution in [3.8, 4) is 0 Å². The number of para-hydroxylation sites is 1. The van der Waals surface area contributed by atoms with E-state index in [4.69, 9.17) is 4.74 Å². The Kier molecular flexibility index (Phi) is 9.33. The number of nitrogens with one attached hydrogen (secondary N) is 3. The number of anilines is 3. The van der Waals surface area contributed by atoms with Crippen molar-refractivity contribution in [2.24, 2.45) is 5.92 Å². The fourth-order valence-electron chi connectivity index (χ4n) is 4.22. The van der Waals surface area contributed by atoms with Gasteiger partial charge < -0.3 is 25.6 Å². The Morgan fingerprint density at radius 2 is 1.76 bits per heavy atom. The highest BCUT2D eigenvalue weighted by atomic mass is 16.5. The molecule has 0 aliphatic carbocycles. The Balaban J connectivity index is 1.75. The molecule has 2 aromatic rings. The molecule has 184 valence electrons. The number of hydrogen-bond acceptors (Lipinski definition) is 4. The van der Waals surface area contributed by atoms with Crippen LogP contribution in [0.4, 0.5) is 21.9 Å². The van der Waals surface area contributed by atoms with E-state index >= 15 is 0 Å². The average molecular weight is 467 g/mol. The van der Waals surface area contributed by atoms with Crippen molar-refractivity contribution in [3.05, 3.63) is 53.1 Å². The van der Waals surface area contributed by atoms with Crippen molar-refractivity contribution in [3.63, 3.8) is 0 Å². The Morgan fingerprint density at radius 1 is 1.06 bits per heavy atom. The van der Waals surface area contributed by atoms with Gasteiger partial charge in [0.25, 0.3) is 5.91 Å². The molecule has 0 aromatic heterocycles. The van der Waals surface area contributed by atoms with Crippen LogP contribution in [0.5, 0.6) is 0 Å². The summed E-state index contributed by atoms with van der Waals surface area (Å²) in [6.07, 6.45) is 2.97. The number of benzene rings is 2. The molecule has 0 spiro atoms. The molecule has 2 aromatic carbocycles. The summed E-state index contributed by atoms with van der Waals surface area (Å²) in [6.45, 7) is 11.8. The summed E-state index contributed by atoms with van der Waals surface area (Å²) in [6, 6.07) is 11.1. The van der Waals surface area contributed by atoms with Gasteiger partial charge in [0.2, 0.25) is 0 Å². The van der Waals surface area contributed by atoms with Crippen LogP contribution < -0.4 is 20.9 Å². The standard InChI is InChI=1S/C27H38N4O3/c1-5-34-17-7-14-28-26(32)23-18-22(10-11-24(23)31-15-12-19(2)13-16-31)29-27(33)30-25-20(3)8-6-9-21(25)4/h6,8-11,18-19H,5,7,12-17H2,1-4H3,(H,28,32)(H2,29,30,33). The first kappa shape index (κ1) is 25.6. The lowest BCUT2D eigenvalue weighted by molar-refractivity contribution is 0.0944. The molecule has 0 saturated carbocycles. The molecule has 0 atom stereocenters. The first-order chi connectivity index (χ1) is 16.4. The maximum Gasteiger partial charge on any atom is 0.323 e. The molecule has 1 aliphatic heterocycles. The van der Waals surface area contributed by atoms with Crippen LogP contribution in [0.15, 0.2) is 36.4 Å². The van der Waals surface area contributed by atoms with Gasteiger partial charge in [-0.15, -0.1) is 0 Å². The molecule has 3 N–H and O–H groups in total. The van der Waals surface area contributed by atoms with Crippen LogP contribution in [0.3, 0.4) is 0 Å². The van der Waals surface area contributed by atoms with E-state index in [1.807, 2.05) is 51.1 Å². The van der Waals surface area contributed by atoms with Gasteiger partial charge in [0.15, 0.2) is 0 Å². The summed E-state index contributed by atoms with van der Waals surface area (Å²) in [7, 11) is 0. The minimum absolute atomic E-state index is 0.135. The molecule has 7 heteroatoms. The fraction of sp³-hybridized carbons (Fsp3) is 0.481. The summed E-state index contributed by atoms with van der Waals surface area (Å²) in [5.74, 6) is 0.561. The van der Waals surface area contributed by atoms with E-state index in [1.165, 1.54) is 0 Å². The molecule has 1 heterocycles. The SMILES string of the molecule is CCOCCCNC(=O)c1cc(NC(=O)Nc2c(C)cccc2C)ccc1N1CCC(C)CC1. The quantitative estimate of drug-likeness (QED) is 0.436. The molecule has 1 saturated heterocycles. The lowest BCUT2D eigenvalue weighted by atomic mass is 9.98. The Hall–Kier alpha value is -3.06. The lowest BCUT2D eigenvalue weighted by Crippen LogP contribution is -2.35. The second-order valence-electron chi connectivity index (χ2n) is 9.05. The molecule has 3 rings (SSSR count). The van der Waals surface area contributed by atoms with Gasteiger partial charge in [-0.1, -0.05) is 25.1 Å². The Bertz CT molecular complexity index is 964. The van der Waals surface area contributed by atoms with Crippen molar-refractivity contribution in [2.45, 2.75) is 47.0 Å². The van der Waals surface area contributed by atoms with Gasteiger partial charge in [-0.2, -0.15) is 0 Å². The summed E-state index contributed by atoms with van der Waals surface area (Å²) < 4.78 is 5.36. The molecule has 0 unspecified atom stereocenters. The highest BCUT2D eigenvalue weighted by Crippen LogP contribution is 2.29. The molecule has 1 fully saturated rings. The first-order valence-corrected chi connectivity index (χ1v) is 12.3. The summed E-state index contributed by atoms with van der Waals surface area (Å²) in [5.41, 5.74) is 4.86. The molecular weight excluding hydrogens is 428 g/mol. The number of aryl methyl sites for hydroxylation is 2. The number of amides is 3. The molecule has 34 heavy (non-hydrogen) atoms. The zero-order valence-electron chi connectivity index (χ0n) is 20.9. The van der Waals surface area contributed by atoms with Gasteiger partial charge in [-0.3, -0.25) is 4.79 Å². The summed E-state index contributed by atoms with van der Waals surface area (Å²) >= 11 is 0. The fourth-order valence-corrected chi connectivity index (χ4v) is 4.22. The number of hydrogen-bond donors (Lipinski definition) is 3. The van der Waals surface area contributed by atoms with E-state index in [9.17, 15) is 9.59 Å². The van der Waals surface area contributed by atoms with Crippen molar-refractivity contribution >= 4 is 29.0 Å². The maximum absolute atomic E-state index is 13.1. The number of piperidine rings is 1. The van der Waals surface area contributed by atoms with Crippen molar-refractivity contribution in [1.29, 1.82) is 0 Å². The highest BCUT2D eigenvalue weighted by molar-refractivity contribution is 6.04. The largest absolute Gasteiger partial charge is 0.382 e. The van der Waals surface area contributed by atoms with Gasteiger partial charge in [-0.25, -0.2) is 4.79 Å². The van der Waals surface area contributed by atoms with E-state index in [0.717, 1.165) is 54.9 Å². The number of carbonyl (C=O) groups is 2. The van der Waals surface area contributed by atoms with Crippen LogP contribution in [0.2, 0.25) is 0 Å². The number of rotatable bonds is 9. The van der Waals surface area contributed by atoms with Crippen LogP contribution in [-0.4, -0.2) is 44.8 Å². The Morgan fingerprint density at radius 3 is 2.44 bits per heavy atom. The van der Waals surface area contributed by atoms with Gasteiger partial charge in [0, 0.05) is 49.9 Å². The molecule has 0 bridgehead atoms. The van der Waals surface area contributed by atoms with Crippen LogP contribution >= 0.6 is 0 Å². The number of nitrogens with zero attached hydrogens (tertiary/aromatic N) is 1. The smallest absolute Gasteiger partial charge is 0.323 e. The average Bonchev–Trinajstić information content (AvgIpc) is 2.82. The van der Waals surface area contributed by atoms with Crippen LogP contribution in [0.25, 0.3) is 0 Å². The van der Waals surface area contributed by atoms with Gasteiger partial charge >= 0.3 is 6.03 Å². The summed E-state index contributed by atoms with van der Waals surface area (Å²) in [4.78, 5) is 28.1. The van der Waals surface area contributed by atoms with E-state index in [0.29, 0.717) is 36.9 Å². The maximum atomic E-state index is 13.1. The molecule has 3 amide bonds. The van der Waals surface area contributed by atoms with Crippen LogP contribution in [-0.2, 0) is 4.74 Å². The monoisotopic (exact) mass is 466 g/mol. The van der Waals surface area contributed by atoms with Gasteiger partial charge in [-0.05, 0) is 75.3 Å².